The second-order valence-electron chi connectivity index (χ2n) is 5.44. The van der Waals surface area contributed by atoms with Crippen LogP contribution in [0.25, 0.3) is 0 Å². The normalized spacial score (nSPS) is 17.3. The van der Waals surface area contributed by atoms with Crippen LogP contribution in [0.1, 0.15) is 12.0 Å². The van der Waals surface area contributed by atoms with Crippen LogP contribution in [0, 0.1) is 5.82 Å². The van der Waals surface area contributed by atoms with Gasteiger partial charge in [0, 0.05) is 37.0 Å². The molecule has 0 bridgehead atoms. The van der Waals surface area contributed by atoms with Gasteiger partial charge in [0.1, 0.15) is 11.6 Å². The number of amides is 1. The summed E-state index contributed by atoms with van der Waals surface area (Å²) in [7, 11) is 0. The number of hydrogen-bond donors (Lipinski definition) is 0. The Bertz CT molecular complexity index is 697. The van der Waals surface area contributed by atoms with Crippen molar-refractivity contribution in [3.63, 3.8) is 0 Å². The van der Waals surface area contributed by atoms with E-state index in [0.717, 1.165) is 5.56 Å². The molecule has 0 radical (unpaired) electrons. The highest BCUT2D eigenvalue weighted by atomic mass is 35.5. The number of nitrogens with zero attached hydrogens (tertiary/aromatic N) is 2. The average molecular weight is 367 g/mol. The van der Waals surface area contributed by atoms with Gasteiger partial charge in [0.2, 0.25) is 11.8 Å². The van der Waals surface area contributed by atoms with Crippen molar-refractivity contribution >= 4 is 29.3 Å². The molecule has 1 aliphatic rings. The molecule has 1 aromatic carbocycles. The standard InChI is InChI=1S/C17H16ClFN2O2S/c18-11-24-15-7-17(22)21(10-15)9-12-1-6-16(20-8-12)23-14-4-2-13(19)3-5-14/h1-6,8,15H,7,9-11H2/t15-/m1/s1. The molecule has 0 saturated carbocycles. The Hall–Kier alpha value is -1.79. The van der Waals surface area contributed by atoms with Crippen LogP contribution in [0.5, 0.6) is 11.6 Å². The van der Waals surface area contributed by atoms with Gasteiger partial charge in [-0.05, 0) is 29.8 Å². The van der Waals surface area contributed by atoms with E-state index < -0.39 is 0 Å². The van der Waals surface area contributed by atoms with Crippen molar-refractivity contribution < 1.29 is 13.9 Å². The van der Waals surface area contributed by atoms with Crippen molar-refractivity contribution in [2.24, 2.45) is 0 Å². The summed E-state index contributed by atoms with van der Waals surface area (Å²) in [5.41, 5.74) is 0.936. The zero-order chi connectivity index (χ0) is 16.9. The van der Waals surface area contributed by atoms with E-state index in [-0.39, 0.29) is 17.0 Å². The van der Waals surface area contributed by atoms with E-state index in [1.807, 2.05) is 11.0 Å². The fourth-order valence-electron chi connectivity index (χ4n) is 2.50. The summed E-state index contributed by atoms with van der Waals surface area (Å²) in [5.74, 6) is 0.775. The van der Waals surface area contributed by atoms with Crippen LogP contribution >= 0.6 is 23.4 Å². The van der Waals surface area contributed by atoms with E-state index in [9.17, 15) is 9.18 Å². The lowest BCUT2D eigenvalue weighted by atomic mass is 10.2. The first-order chi connectivity index (χ1) is 11.6. The Morgan fingerprint density at radius 1 is 1.29 bits per heavy atom. The van der Waals surface area contributed by atoms with Crippen molar-refractivity contribution in [2.75, 3.05) is 11.8 Å². The van der Waals surface area contributed by atoms with E-state index in [1.54, 1.807) is 36.2 Å². The molecule has 1 aliphatic heterocycles. The van der Waals surface area contributed by atoms with Gasteiger partial charge in [0.15, 0.2) is 0 Å². The number of alkyl halides is 1. The van der Waals surface area contributed by atoms with E-state index >= 15 is 0 Å². The van der Waals surface area contributed by atoms with Crippen LogP contribution in [0.2, 0.25) is 0 Å². The number of carbonyl (C=O) groups is 1. The number of likely N-dealkylation sites (tertiary alicyclic amines) is 1. The van der Waals surface area contributed by atoms with Gasteiger partial charge in [0.05, 0.1) is 5.21 Å². The minimum atomic E-state index is -0.313. The molecular formula is C17H16ClFN2O2S. The number of aromatic nitrogens is 1. The molecule has 2 aromatic rings. The molecule has 0 unspecified atom stereocenters. The summed E-state index contributed by atoms with van der Waals surface area (Å²) in [6.45, 7) is 1.24. The lowest BCUT2D eigenvalue weighted by molar-refractivity contribution is -0.128. The molecular weight excluding hydrogens is 351 g/mol. The van der Waals surface area contributed by atoms with Crippen molar-refractivity contribution in [3.05, 3.63) is 54.0 Å². The van der Waals surface area contributed by atoms with Gasteiger partial charge in [-0.1, -0.05) is 6.07 Å². The van der Waals surface area contributed by atoms with Gasteiger partial charge in [-0.3, -0.25) is 4.79 Å². The van der Waals surface area contributed by atoms with Crippen LogP contribution in [0.15, 0.2) is 42.6 Å². The predicted molar refractivity (Wildman–Crippen MR) is 92.8 cm³/mol. The molecule has 0 N–H and O–H groups in total. The summed E-state index contributed by atoms with van der Waals surface area (Å²) in [6.07, 6.45) is 2.23. The second kappa shape index (κ2) is 7.85. The monoisotopic (exact) mass is 366 g/mol. The molecule has 0 aliphatic carbocycles. The highest BCUT2D eigenvalue weighted by molar-refractivity contribution is 8.01. The Morgan fingerprint density at radius 2 is 2.08 bits per heavy atom. The second-order valence-corrected chi connectivity index (χ2v) is 7.31. The third-order valence-electron chi connectivity index (χ3n) is 3.68. The first-order valence-corrected chi connectivity index (χ1v) is 9.06. The summed E-state index contributed by atoms with van der Waals surface area (Å²) in [6, 6.07) is 9.37. The summed E-state index contributed by atoms with van der Waals surface area (Å²) >= 11 is 7.32. The predicted octanol–water partition coefficient (Wildman–Crippen LogP) is 4.04. The van der Waals surface area contributed by atoms with E-state index in [2.05, 4.69) is 4.98 Å². The lowest BCUT2D eigenvalue weighted by Gasteiger charge is -2.16. The van der Waals surface area contributed by atoms with E-state index in [0.29, 0.717) is 36.4 Å². The molecule has 1 amide bonds. The van der Waals surface area contributed by atoms with Crippen molar-refractivity contribution in [1.82, 2.24) is 9.88 Å². The Kier molecular flexibility index (Phi) is 5.58. The molecule has 4 nitrogen and oxygen atoms in total. The van der Waals surface area contributed by atoms with Gasteiger partial charge < -0.3 is 9.64 Å². The lowest BCUT2D eigenvalue weighted by Crippen LogP contribution is -2.24. The number of ether oxygens (including phenoxy) is 1. The van der Waals surface area contributed by atoms with Crippen LogP contribution in [0.3, 0.4) is 0 Å². The molecule has 7 heteroatoms. The maximum Gasteiger partial charge on any atom is 0.224 e. The number of benzene rings is 1. The third-order valence-corrected chi connectivity index (χ3v) is 4.98. The Labute approximate surface area is 149 Å². The average Bonchev–Trinajstić information content (AvgIpc) is 2.91. The summed E-state index contributed by atoms with van der Waals surface area (Å²) in [5, 5.41) is 0.770. The first-order valence-electron chi connectivity index (χ1n) is 7.48. The molecule has 3 rings (SSSR count). The van der Waals surface area contributed by atoms with Crippen molar-refractivity contribution in [3.8, 4) is 11.6 Å². The van der Waals surface area contributed by atoms with Gasteiger partial charge in [0.25, 0.3) is 0 Å². The highest BCUT2D eigenvalue weighted by Gasteiger charge is 2.29. The quantitative estimate of drug-likeness (QED) is 0.723. The minimum absolute atomic E-state index is 0.143. The first kappa shape index (κ1) is 17.0. The smallest absolute Gasteiger partial charge is 0.224 e. The number of pyridine rings is 1. The number of hydrogen-bond acceptors (Lipinski definition) is 4. The largest absolute Gasteiger partial charge is 0.439 e. The highest BCUT2D eigenvalue weighted by Crippen LogP contribution is 2.26. The van der Waals surface area contributed by atoms with Gasteiger partial charge in [-0.25, -0.2) is 9.37 Å². The van der Waals surface area contributed by atoms with Crippen LogP contribution < -0.4 is 4.74 Å². The van der Waals surface area contributed by atoms with E-state index in [1.165, 1.54) is 12.1 Å². The van der Waals surface area contributed by atoms with Gasteiger partial charge >= 0.3 is 0 Å². The number of halogens is 2. The van der Waals surface area contributed by atoms with Gasteiger partial charge in [-0.2, -0.15) is 0 Å². The minimum Gasteiger partial charge on any atom is -0.439 e. The molecule has 2 heterocycles. The molecule has 0 spiro atoms. The molecule has 1 saturated heterocycles. The molecule has 1 fully saturated rings. The van der Waals surface area contributed by atoms with Crippen molar-refractivity contribution in [1.29, 1.82) is 0 Å². The summed E-state index contributed by atoms with van der Waals surface area (Å²) in [4.78, 5) is 18.1. The zero-order valence-corrected chi connectivity index (χ0v) is 14.4. The molecule has 126 valence electrons. The SMILES string of the molecule is O=C1C[C@@H](SCCl)CN1Cc1ccc(Oc2ccc(F)cc2)nc1. The maximum absolute atomic E-state index is 12.9. The molecule has 1 atom stereocenters. The number of thioether (sulfide) groups is 1. The van der Waals surface area contributed by atoms with Crippen molar-refractivity contribution in [2.45, 2.75) is 18.2 Å². The summed E-state index contributed by atoms with van der Waals surface area (Å²) < 4.78 is 18.4. The van der Waals surface area contributed by atoms with Crippen LogP contribution in [0.4, 0.5) is 4.39 Å². The number of carbonyl (C=O) groups excluding carboxylic acids is 1. The fourth-order valence-corrected chi connectivity index (χ4v) is 3.76. The maximum atomic E-state index is 12.9. The molecule has 24 heavy (non-hydrogen) atoms. The van der Waals surface area contributed by atoms with Gasteiger partial charge in [-0.15, -0.1) is 23.4 Å². The van der Waals surface area contributed by atoms with Crippen LogP contribution in [-0.4, -0.2) is 32.8 Å². The van der Waals surface area contributed by atoms with Crippen LogP contribution in [-0.2, 0) is 11.3 Å². The fraction of sp³-hybridized carbons (Fsp3) is 0.294. The molecule has 1 aromatic heterocycles. The zero-order valence-electron chi connectivity index (χ0n) is 12.8. The number of rotatable bonds is 6. The third kappa shape index (κ3) is 4.39. The van der Waals surface area contributed by atoms with E-state index in [4.69, 9.17) is 16.3 Å². The Morgan fingerprint density at radius 3 is 2.75 bits per heavy atom. The topological polar surface area (TPSA) is 42.4 Å². The Balaban J connectivity index is 1.58.